The van der Waals surface area contributed by atoms with Crippen molar-refractivity contribution in [2.45, 2.75) is 44.7 Å². The Bertz CT molecular complexity index is 835. The fourth-order valence-corrected chi connectivity index (χ4v) is 4.55. The highest BCUT2D eigenvalue weighted by atomic mass is 16.3. The summed E-state index contributed by atoms with van der Waals surface area (Å²) in [4.78, 5) is 14.8. The van der Waals surface area contributed by atoms with Crippen molar-refractivity contribution in [3.63, 3.8) is 0 Å². The highest BCUT2D eigenvalue weighted by Gasteiger charge is 2.34. The number of rotatable bonds is 6. The number of aryl methyl sites for hydroxylation is 2. The van der Waals surface area contributed by atoms with E-state index in [0.717, 1.165) is 42.7 Å². The maximum atomic E-state index is 12.3. The summed E-state index contributed by atoms with van der Waals surface area (Å²) in [5, 5.41) is 21.1. The first-order chi connectivity index (χ1) is 13.5. The van der Waals surface area contributed by atoms with Gasteiger partial charge in [0.2, 0.25) is 5.91 Å². The van der Waals surface area contributed by atoms with Crippen LogP contribution in [0.3, 0.4) is 0 Å². The Kier molecular flexibility index (Phi) is 5.55. The molecule has 1 amide bonds. The van der Waals surface area contributed by atoms with Crippen LogP contribution in [0.2, 0.25) is 0 Å². The number of likely N-dealkylation sites (tertiary alicyclic amines) is 1. The molecule has 1 aromatic heterocycles. The first-order valence-corrected chi connectivity index (χ1v) is 10.3. The fourth-order valence-electron chi connectivity index (χ4n) is 4.55. The van der Waals surface area contributed by atoms with E-state index in [0.29, 0.717) is 18.6 Å². The van der Waals surface area contributed by atoms with Gasteiger partial charge in [-0.25, -0.2) is 0 Å². The summed E-state index contributed by atoms with van der Waals surface area (Å²) in [6.45, 7) is 4.49. The second-order valence-corrected chi connectivity index (χ2v) is 8.42. The summed E-state index contributed by atoms with van der Waals surface area (Å²) in [5.74, 6) is 1.26. The molecule has 1 aliphatic carbocycles. The van der Waals surface area contributed by atoms with Gasteiger partial charge < -0.3 is 15.7 Å². The standard InChI is InChI=1S/C21H31N5O2/c1-14-3-8-19-18(9-14)21(24-25(19)2)22-10-20(28)23-16-11-26(12-16)17-6-4-15(13-27)5-7-17/h3,8-9,15-17,27H,4-7,10-13H2,1-2H3,(H,22,24)(H,23,28)/t15-,17+. The zero-order chi connectivity index (χ0) is 19.7. The van der Waals surface area contributed by atoms with E-state index in [4.69, 9.17) is 0 Å². The molecule has 2 aromatic rings. The number of hydrogen-bond acceptors (Lipinski definition) is 5. The molecule has 4 rings (SSSR count). The Morgan fingerprint density at radius 3 is 2.71 bits per heavy atom. The molecule has 2 heterocycles. The molecule has 1 saturated heterocycles. The minimum atomic E-state index is 0.0140. The number of aliphatic hydroxyl groups excluding tert-OH is 1. The molecule has 7 heteroatoms. The van der Waals surface area contributed by atoms with E-state index < -0.39 is 0 Å². The van der Waals surface area contributed by atoms with Crippen molar-refractivity contribution in [3.8, 4) is 0 Å². The molecule has 0 atom stereocenters. The fraction of sp³-hybridized carbons (Fsp3) is 0.619. The van der Waals surface area contributed by atoms with Crippen LogP contribution in [-0.2, 0) is 11.8 Å². The third-order valence-corrected chi connectivity index (χ3v) is 6.29. The Hall–Kier alpha value is -2.12. The lowest BCUT2D eigenvalue weighted by Gasteiger charge is -2.46. The lowest BCUT2D eigenvalue weighted by atomic mass is 9.84. The number of aromatic nitrogens is 2. The number of carbonyl (C=O) groups is 1. The van der Waals surface area contributed by atoms with Gasteiger partial charge in [-0.2, -0.15) is 5.10 Å². The summed E-state index contributed by atoms with van der Waals surface area (Å²) in [5.41, 5.74) is 2.23. The molecule has 7 nitrogen and oxygen atoms in total. The molecular weight excluding hydrogens is 354 g/mol. The summed E-state index contributed by atoms with van der Waals surface area (Å²) < 4.78 is 1.84. The second-order valence-electron chi connectivity index (χ2n) is 8.42. The number of nitrogens with one attached hydrogen (secondary N) is 2. The van der Waals surface area contributed by atoms with Crippen molar-refractivity contribution >= 4 is 22.6 Å². The average Bonchev–Trinajstić information content (AvgIpc) is 2.98. The molecule has 28 heavy (non-hydrogen) atoms. The second kappa shape index (κ2) is 8.09. The van der Waals surface area contributed by atoms with E-state index in [1.54, 1.807) is 0 Å². The van der Waals surface area contributed by atoms with E-state index in [2.05, 4.69) is 45.8 Å². The lowest BCUT2D eigenvalue weighted by Crippen LogP contribution is -2.63. The predicted molar refractivity (Wildman–Crippen MR) is 110 cm³/mol. The number of fused-ring (bicyclic) bond motifs is 1. The van der Waals surface area contributed by atoms with Gasteiger partial charge in [0.25, 0.3) is 0 Å². The van der Waals surface area contributed by atoms with Crippen LogP contribution in [0.4, 0.5) is 5.82 Å². The van der Waals surface area contributed by atoms with Crippen molar-refractivity contribution in [2.75, 3.05) is 31.6 Å². The largest absolute Gasteiger partial charge is 0.396 e. The van der Waals surface area contributed by atoms with Gasteiger partial charge in [0.1, 0.15) is 0 Å². The Balaban J connectivity index is 1.23. The number of aliphatic hydroxyl groups is 1. The zero-order valence-electron chi connectivity index (χ0n) is 16.8. The van der Waals surface area contributed by atoms with Crippen LogP contribution in [0.15, 0.2) is 18.2 Å². The summed E-state index contributed by atoms with van der Waals surface area (Å²) in [6, 6.07) is 7.08. The van der Waals surface area contributed by atoms with Gasteiger partial charge >= 0.3 is 0 Å². The van der Waals surface area contributed by atoms with Crippen molar-refractivity contribution < 1.29 is 9.90 Å². The number of anilines is 1. The van der Waals surface area contributed by atoms with Crippen LogP contribution in [0.5, 0.6) is 0 Å². The van der Waals surface area contributed by atoms with Crippen molar-refractivity contribution in [3.05, 3.63) is 23.8 Å². The van der Waals surface area contributed by atoms with Crippen molar-refractivity contribution in [1.29, 1.82) is 0 Å². The van der Waals surface area contributed by atoms with Gasteiger partial charge in [0.15, 0.2) is 5.82 Å². The Morgan fingerprint density at radius 2 is 2.00 bits per heavy atom. The zero-order valence-corrected chi connectivity index (χ0v) is 16.8. The van der Waals surface area contributed by atoms with E-state index in [1.807, 2.05) is 11.7 Å². The van der Waals surface area contributed by atoms with Crippen molar-refractivity contribution in [1.82, 2.24) is 20.0 Å². The molecule has 3 N–H and O–H groups in total. The van der Waals surface area contributed by atoms with Crippen LogP contribution in [0.25, 0.3) is 10.9 Å². The molecule has 0 unspecified atom stereocenters. The molecule has 0 bridgehead atoms. The SMILES string of the molecule is Cc1ccc2c(c1)c(NCC(=O)NC1CN([C@H]3CC[C@@H](CO)CC3)C1)nn2C. The maximum Gasteiger partial charge on any atom is 0.239 e. The molecule has 2 fully saturated rings. The molecular formula is C21H31N5O2. The first kappa shape index (κ1) is 19.2. The van der Waals surface area contributed by atoms with Crippen LogP contribution in [-0.4, -0.2) is 64.0 Å². The Labute approximate surface area is 166 Å². The van der Waals surface area contributed by atoms with Crippen LogP contribution in [0.1, 0.15) is 31.2 Å². The number of hydrogen-bond donors (Lipinski definition) is 3. The minimum Gasteiger partial charge on any atom is -0.396 e. The number of benzene rings is 1. The monoisotopic (exact) mass is 385 g/mol. The average molecular weight is 386 g/mol. The molecule has 1 saturated carbocycles. The lowest BCUT2D eigenvalue weighted by molar-refractivity contribution is -0.121. The van der Waals surface area contributed by atoms with E-state index in [9.17, 15) is 9.90 Å². The third-order valence-electron chi connectivity index (χ3n) is 6.29. The first-order valence-electron chi connectivity index (χ1n) is 10.3. The van der Waals surface area contributed by atoms with Gasteiger partial charge in [-0.15, -0.1) is 0 Å². The molecule has 152 valence electrons. The smallest absolute Gasteiger partial charge is 0.239 e. The maximum absolute atomic E-state index is 12.3. The molecule has 0 radical (unpaired) electrons. The normalized spacial score (nSPS) is 23.5. The van der Waals surface area contributed by atoms with Crippen molar-refractivity contribution in [2.24, 2.45) is 13.0 Å². The summed E-state index contributed by atoms with van der Waals surface area (Å²) >= 11 is 0. The van der Waals surface area contributed by atoms with E-state index >= 15 is 0 Å². The van der Waals surface area contributed by atoms with Crippen LogP contribution >= 0.6 is 0 Å². The highest BCUT2D eigenvalue weighted by molar-refractivity contribution is 5.92. The molecule has 1 aliphatic heterocycles. The summed E-state index contributed by atoms with van der Waals surface area (Å²) in [7, 11) is 1.92. The van der Waals surface area contributed by atoms with E-state index in [-0.39, 0.29) is 18.5 Å². The molecule has 1 aromatic carbocycles. The third kappa shape index (κ3) is 4.00. The van der Waals surface area contributed by atoms with Crippen LogP contribution in [0, 0.1) is 12.8 Å². The van der Waals surface area contributed by atoms with Gasteiger partial charge in [-0.1, -0.05) is 11.6 Å². The predicted octanol–water partition coefficient (Wildman–Crippen LogP) is 1.65. The highest BCUT2D eigenvalue weighted by Crippen LogP contribution is 2.29. The van der Waals surface area contributed by atoms with Gasteiger partial charge in [0, 0.05) is 38.2 Å². The summed E-state index contributed by atoms with van der Waals surface area (Å²) in [6.07, 6.45) is 4.57. The van der Waals surface area contributed by atoms with Gasteiger partial charge in [0.05, 0.1) is 18.1 Å². The number of amides is 1. The molecule has 0 spiro atoms. The number of nitrogens with zero attached hydrogens (tertiary/aromatic N) is 3. The topological polar surface area (TPSA) is 82.4 Å². The van der Waals surface area contributed by atoms with Gasteiger partial charge in [-0.3, -0.25) is 14.4 Å². The number of carbonyl (C=O) groups excluding carboxylic acids is 1. The van der Waals surface area contributed by atoms with Gasteiger partial charge in [-0.05, 0) is 50.7 Å². The minimum absolute atomic E-state index is 0.0140. The Morgan fingerprint density at radius 1 is 1.25 bits per heavy atom. The molecule has 2 aliphatic rings. The van der Waals surface area contributed by atoms with E-state index in [1.165, 1.54) is 18.4 Å². The van der Waals surface area contributed by atoms with Crippen LogP contribution < -0.4 is 10.6 Å². The quantitative estimate of drug-likeness (QED) is 0.704.